The molecule has 10 nitrogen and oxygen atoms in total. The first-order valence-electron chi connectivity index (χ1n) is 9.95. The van der Waals surface area contributed by atoms with Gasteiger partial charge in [-0.05, 0) is 24.8 Å². The van der Waals surface area contributed by atoms with Gasteiger partial charge in [0.15, 0.2) is 4.84 Å². The summed E-state index contributed by atoms with van der Waals surface area (Å²) in [4.78, 5) is 40.7. The first-order chi connectivity index (χ1) is 15.3. The van der Waals surface area contributed by atoms with Crippen LogP contribution in [0.5, 0.6) is 0 Å². The Morgan fingerprint density at radius 1 is 1.03 bits per heavy atom. The summed E-state index contributed by atoms with van der Waals surface area (Å²) in [6.07, 6.45) is 1.33. The summed E-state index contributed by atoms with van der Waals surface area (Å²) in [5.74, 6) is -3.05. The highest BCUT2D eigenvalue weighted by atomic mass is 35.5. The monoisotopic (exact) mass is 509 g/mol. The molecule has 0 aliphatic carbocycles. The van der Waals surface area contributed by atoms with Crippen LogP contribution in [-0.2, 0) is 30.3 Å². The number of alkyl halides is 2. The molecule has 1 aromatic carbocycles. The Morgan fingerprint density at radius 2 is 1.55 bits per heavy atom. The summed E-state index contributed by atoms with van der Waals surface area (Å²) < 4.78 is 4.52. The lowest BCUT2D eigenvalue weighted by molar-refractivity contribution is -0.142. The molecule has 0 aromatic heterocycles. The molecule has 0 saturated heterocycles. The summed E-state index contributed by atoms with van der Waals surface area (Å²) in [5.41, 5.74) is 11.9. The number of carbonyl (C=O) groups is 4. The van der Waals surface area contributed by atoms with E-state index in [1.54, 1.807) is 0 Å². The lowest BCUT2D eigenvalue weighted by Crippen LogP contribution is -2.40. The Morgan fingerprint density at radius 3 is 1.88 bits per heavy atom. The Kier molecular flexibility index (Phi) is 18.0. The number of esters is 1. The lowest BCUT2D eigenvalue weighted by atomic mass is 10.0. The molecule has 4 atom stereocenters. The molecule has 0 bridgehead atoms. The second-order valence-electron chi connectivity index (χ2n) is 6.94. The van der Waals surface area contributed by atoms with Gasteiger partial charge in [-0.25, -0.2) is 0 Å². The highest BCUT2D eigenvalue weighted by Gasteiger charge is 2.18. The van der Waals surface area contributed by atoms with Crippen LogP contribution in [-0.4, -0.2) is 64.1 Å². The van der Waals surface area contributed by atoms with Crippen molar-refractivity contribution in [2.24, 2.45) is 17.4 Å². The first kappa shape index (κ1) is 32.8. The number of hydrogen-bond acceptors (Lipinski definition) is 7. The van der Waals surface area contributed by atoms with E-state index in [9.17, 15) is 19.2 Å². The molecule has 4 unspecified atom stereocenters. The number of ether oxygens (including phenoxy) is 1. The Balaban J connectivity index is 0. The number of methoxy groups -OCH3 is 1. The van der Waals surface area contributed by atoms with Gasteiger partial charge in [-0.15, -0.1) is 0 Å². The number of carboxylic acids is 2. The van der Waals surface area contributed by atoms with Crippen molar-refractivity contribution < 1.29 is 34.1 Å². The van der Waals surface area contributed by atoms with Crippen LogP contribution in [0.1, 0.15) is 32.8 Å². The number of nitrogens with one attached hydrogen (secondary N) is 1. The number of rotatable bonds is 9. The zero-order chi connectivity index (χ0) is 26.1. The maximum Gasteiger partial charge on any atom is 0.325 e. The van der Waals surface area contributed by atoms with Crippen LogP contribution >= 0.6 is 23.2 Å². The quantitative estimate of drug-likeness (QED) is 0.243. The van der Waals surface area contributed by atoms with Crippen LogP contribution in [0.2, 0.25) is 0 Å². The van der Waals surface area contributed by atoms with Crippen LogP contribution in [0.15, 0.2) is 30.3 Å². The van der Waals surface area contributed by atoms with Gasteiger partial charge in [-0.3, -0.25) is 19.2 Å². The third-order valence-corrected chi connectivity index (χ3v) is 4.67. The number of halogens is 2. The molecule has 1 rings (SSSR count). The van der Waals surface area contributed by atoms with Gasteiger partial charge in [0.25, 0.3) is 5.91 Å². The van der Waals surface area contributed by atoms with Gasteiger partial charge in [0.1, 0.15) is 18.1 Å². The summed E-state index contributed by atoms with van der Waals surface area (Å²) in [5, 5.41) is 18.7. The predicted molar refractivity (Wildman–Crippen MR) is 126 cm³/mol. The fourth-order valence-corrected chi connectivity index (χ4v) is 2.06. The van der Waals surface area contributed by atoms with Crippen molar-refractivity contribution in [2.75, 3.05) is 7.11 Å². The van der Waals surface area contributed by atoms with Crippen molar-refractivity contribution in [3.05, 3.63) is 35.9 Å². The summed E-state index contributed by atoms with van der Waals surface area (Å²) in [6, 6.07) is 7.39. The molecule has 0 spiro atoms. The second-order valence-corrected chi connectivity index (χ2v) is 8.03. The summed E-state index contributed by atoms with van der Waals surface area (Å²) in [7, 11) is 1.34. The van der Waals surface area contributed by atoms with E-state index in [4.69, 9.17) is 44.9 Å². The van der Waals surface area contributed by atoms with E-state index in [-0.39, 0.29) is 11.9 Å². The molecule has 7 N–H and O–H groups in total. The van der Waals surface area contributed by atoms with E-state index in [1.165, 1.54) is 14.0 Å². The van der Waals surface area contributed by atoms with Crippen LogP contribution < -0.4 is 16.8 Å². The molecule has 0 fully saturated rings. The van der Waals surface area contributed by atoms with Crippen molar-refractivity contribution >= 4 is 47.0 Å². The van der Waals surface area contributed by atoms with Gasteiger partial charge >= 0.3 is 17.9 Å². The largest absolute Gasteiger partial charge is 0.480 e. The van der Waals surface area contributed by atoms with Gasteiger partial charge < -0.3 is 31.7 Å². The Labute approximate surface area is 203 Å². The van der Waals surface area contributed by atoms with E-state index in [0.717, 1.165) is 12.0 Å². The molecule has 0 radical (unpaired) electrons. The maximum absolute atomic E-state index is 11.0. The van der Waals surface area contributed by atoms with Crippen LogP contribution in [0.4, 0.5) is 0 Å². The predicted octanol–water partition coefficient (Wildman–Crippen LogP) is 1.55. The van der Waals surface area contributed by atoms with Crippen molar-refractivity contribution in [3.63, 3.8) is 0 Å². The van der Waals surface area contributed by atoms with E-state index in [2.05, 4.69) is 10.1 Å². The number of nitrogens with two attached hydrogens (primary N) is 2. The van der Waals surface area contributed by atoms with Gasteiger partial charge in [0, 0.05) is 0 Å². The number of amides is 1. The molecular weight excluding hydrogens is 477 g/mol. The zero-order valence-electron chi connectivity index (χ0n) is 19.0. The van der Waals surface area contributed by atoms with E-state index >= 15 is 0 Å². The topological polar surface area (TPSA) is 182 Å². The standard InChI is InChI=1S/C10H13NO2.C6H13NO2.C5H7Cl2NO3/c1-13-10(12)9(11)7-8-5-3-2-4-6-8;1-3-4(2)5(7)6(8)9;1-2(5(10)11)8-4(9)3(6)7/h2-6,9H,7,11H2,1H3;4-5H,3,7H2,1-2H3,(H,8,9);2-3H,1H3,(H,8,9)(H,10,11). The minimum absolute atomic E-state index is 0.0718. The molecule has 12 heteroatoms. The van der Waals surface area contributed by atoms with Gasteiger partial charge in [-0.2, -0.15) is 0 Å². The fraction of sp³-hybridized carbons (Fsp3) is 0.524. The average molecular weight is 510 g/mol. The van der Waals surface area contributed by atoms with Crippen molar-refractivity contribution in [1.82, 2.24) is 5.32 Å². The average Bonchev–Trinajstić information content (AvgIpc) is 2.78. The van der Waals surface area contributed by atoms with Crippen LogP contribution in [0, 0.1) is 5.92 Å². The van der Waals surface area contributed by atoms with Crippen LogP contribution in [0.3, 0.4) is 0 Å². The molecule has 0 aliphatic heterocycles. The van der Waals surface area contributed by atoms with Gasteiger partial charge in [0.05, 0.1) is 7.11 Å². The van der Waals surface area contributed by atoms with Crippen molar-refractivity contribution in [2.45, 2.75) is 56.6 Å². The molecule has 1 aromatic rings. The smallest absolute Gasteiger partial charge is 0.325 e. The first-order valence-corrected chi connectivity index (χ1v) is 10.8. The summed E-state index contributed by atoms with van der Waals surface area (Å²) in [6.45, 7) is 5.07. The molecule has 33 heavy (non-hydrogen) atoms. The number of carboxylic acid groups (broad SMARTS) is 2. The third kappa shape index (κ3) is 15.9. The number of hydrogen-bond donors (Lipinski definition) is 5. The van der Waals surface area contributed by atoms with E-state index < -0.39 is 40.8 Å². The normalized spacial score (nSPS) is 13.6. The molecule has 0 saturated carbocycles. The minimum atomic E-state index is -1.23. The molecule has 188 valence electrons. The zero-order valence-corrected chi connectivity index (χ0v) is 20.5. The van der Waals surface area contributed by atoms with E-state index in [1.807, 2.05) is 44.2 Å². The highest BCUT2D eigenvalue weighted by molar-refractivity contribution is 6.53. The number of aliphatic carboxylic acids is 2. The van der Waals surface area contributed by atoms with Crippen LogP contribution in [0.25, 0.3) is 0 Å². The van der Waals surface area contributed by atoms with Gasteiger partial charge in [-0.1, -0.05) is 73.8 Å². The van der Waals surface area contributed by atoms with E-state index in [0.29, 0.717) is 6.42 Å². The summed E-state index contributed by atoms with van der Waals surface area (Å²) >= 11 is 10.3. The third-order valence-electron chi connectivity index (χ3n) is 4.27. The van der Waals surface area contributed by atoms with Gasteiger partial charge in [0.2, 0.25) is 0 Å². The lowest BCUT2D eigenvalue weighted by Gasteiger charge is -2.11. The molecular formula is C21H33Cl2N3O7. The fourth-order valence-electron chi connectivity index (χ4n) is 1.94. The van der Waals surface area contributed by atoms with Crippen molar-refractivity contribution in [1.29, 1.82) is 0 Å². The molecule has 0 aliphatic rings. The SMILES string of the molecule is CC(NC(=O)C(Cl)Cl)C(=O)O.CCC(C)C(N)C(=O)O.COC(=O)C(N)Cc1ccccc1. The maximum atomic E-state index is 11.0. The van der Waals surface area contributed by atoms with Crippen molar-refractivity contribution in [3.8, 4) is 0 Å². The Bertz CT molecular complexity index is 736. The number of carbonyl (C=O) groups excluding carboxylic acids is 2. The molecule has 0 heterocycles. The Hall–Kier alpha value is -2.40. The second kappa shape index (κ2) is 18.1. The highest BCUT2D eigenvalue weighted by Crippen LogP contribution is 2.04. The minimum Gasteiger partial charge on any atom is -0.480 e. The number of benzene rings is 1. The molecule has 1 amide bonds.